The number of rotatable bonds is 8. The summed E-state index contributed by atoms with van der Waals surface area (Å²) < 4.78 is 11.2. The Labute approximate surface area is 184 Å². The van der Waals surface area contributed by atoms with Gasteiger partial charge in [0.15, 0.2) is 11.5 Å². The molecule has 1 aliphatic rings. The third-order valence-corrected chi connectivity index (χ3v) is 4.84. The van der Waals surface area contributed by atoms with E-state index in [1.807, 2.05) is 6.92 Å². The summed E-state index contributed by atoms with van der Waals surface area (Å²) in [5.74, 6) is -0.740. The molecule has 2 aromatic carbocycles. The van der Waals surface area contributed by atoms with E-state index in [-0.39, 0.29) is 22.9 Å². The molecule has 0 aromatic heterocycles. The SMILES string of the molecule is CCCN1C(=O)N/C(=C/c2cc(Cl)c(OCc3ccc(C(=O)O)cc3)c(OC)c2)C1=O. The van der Waals surface area contributed by atoms with Crippen molar-refractivity contribution in [3.05, 3.63) is 63.8 Å². The average molecular weight is 445 g/mol. The molecule has 2 aromatic rings. The first-order chi connectivity index (χ1) is 14.8. The molecule has 1 fully saturated rings. The maximum absolute atomic E-state index is 12.4. The van der Waals surface area contributed by atoms with E-state index >= 15 is 0 Å². The lowest BCUT2D eigenvalue weighted by Crippen LogP contribution is -2.31. The van der Waals surface area contributed by atoms with Crippen LogP contribution >= 0.6 is 11.6 Å². The number of nitrogens with zero attached hydrogens (tertiary/aromatic N) is 1. The highest BCUT2D eigenvalue weighted by molar-refractivity contribution is 6.32. The third kappa shape index (κ3) is 4.97. The molecule has 162 valence electrons. The third-order valence-electron chi connectivity index (χ3n) is 4.56. The van der Waals surface area contributed by atoms with Gasteiger partial charge in [-0.2, -0.15) is 0 Å². The maximum atomic E-state index is 12.4. The molecule has 1 heterocycles. The van der Waals surface area contributed by atoms with Gasteiger partial charge >= 0.3 is 12.0 Å². The summed E-state index contributed by atoms with van der Waals surface area (Å²) >= 11 is 6.38. The Bertz CT molecular complexity index is 1050. The van der Waals surface area contributed by atoms with Crippen molar-refractivity contribution in [1.82, 2.24) is 10.2 Å². The first kappa shape index (κ1) is 22.2. The molecule has 31 heavy (non-hydrogen) atoms. The molecule has 0 bridgehead atoms. The second-order valence-electron chi connectivity index (χ2n) is 6.77. The van der Waals surface area contributed by atoms with Crippen LogP contribution in [0.1, 0.15) is 34.8 Å². The van der Waals surface area contributed by atoms with Gasteiger partial charge in [-0.05, 0) is 47.9 Å². The fourth-order valence-corrected chi connectivity index (χ4v) is 3.30. The predicted molar refractivity (Wildman–Crippen MR) is 114 cm³/mol. The molecule has 1 saturated heterocycles. The van der Waals surface area contributed by atoms with E-state index in [0.717, 1.165) is 10.5 Å². The van der Waals surface area contributed by atoms with Crippen molar-refractivity contribution in [3.8, 4) is 11.5 Å². The highest BCUT2D eigenvalue weighted by atomic mass is 35.5. The lowest BCUT2D eigenvalue weighted by atomic mass is 10.1. The topological polar surface area (TPSA) is 105 Å². The minimum atomic E-state index is -1.00. The molecule has 2 N–H and O–H groups in total. The standard InChI is InChI=1S/C22H21ClN2O6/c1-3-8-25-20(26)17(24-22(25)29)10-14-9-16(23)19(18(11-14)30-2)31-12-13-4-6-15(7-5-13)21(27)28/h4-7,9-11H,3,8,12H2,1-2H3,(H,24,29)(H,27,28)/b17-10+. The first-order valence-electron chi connectivity index (χ1n) is 9.51. The molecular weight excluding hydrogens is 424 g/mol. The van der Waals surface area contributed by atoms with E-state index < -0.39 is 17.9 Å². The number of carboxylic acids is 1. The van der Waals surface area contributed by atoms with Crippen molar-refractivity contribution in [3.63, 3.8) is 0 Å². The normalized spacial score (nSPS) is 14.7. The van der Waals surface area contributed by atoms with Gasteiger partial charge in [-0.15, -0.1) is 0 Å². The number of carbonyl (C=O) groups is 3. The number of benzene rings is 2. The number of hydrogen-bond acceptors (Lipinski definition) is 5. The van der Waals surface area contributed by atoms with Crippen LogP contribution in [0.25, 0.3) is 6.08 Å². The van der Waals surface area contributed by atoms with Crippen molar-refractivity contribution in [2.45, 2.75) is 20.0 Å². The number of halogens is 1. The van der Waals surface area contributed by atoms with Crippen LogP contribution in [-0.2, 0) is 11.4 Å². The zero-order valence-corrected chi connectivity index (χ0v) is 17.7. The summed E-state index contributed by atoms with van der Waals surface area (Å²) in [6.07, 6.45) is 2.19. The van der Waals surface area contributed by atoms with Gasteiger partial charge in [-0.3, -0.25) is 9.69 Å². The van der Waals surface area contributed by atoms with Crippen LogP contribution in [0.2, 0.25) is 5.02 Å². The molecule has 3 amide bonds. The van der Waals surface area contributed by atoms with Crippen molar-refractivity contribution in [2.75, 3.05) is 13.7 Å². The first-order valence-corrected chi connectivity index (χ1v) is 9.89. The van der Waals surface area contributed by atoms with Gasteiger partial charge in [0.05, 0.1) is 17.7 Å². The number of carbonyl (C=O) groups excluding carboxylic acids is 2. The Morgan fingerprint density at radius 3 is 2.55 bits per heavy atom. The molecule has 0 aliphatic carbocycles. The summed E-state index contributed by atoms with van der Waals surface area (Å²) in [5, 5.41) is 11.8. The van der Waals surface area contributed by atoms with E-state index in [0.29, 0.717) is 30.0 Å². The summed E-state index contributed by atoms with van der Waals surface area (Å²) in [6.45, 7) is 2.37. The summed E-state index contributed by atoms with van der Waals surface area (Å²) in [4.78, 5) is 36.4. The Hall–Kier alpha value is -3.52. The van der Waals surface area contributed by atoms with Gasteiger partial charge in [0.2, 0.25) is 0 Å². The number of aromatic carboxylic acids is 1. The van der Waals surface area contributed by atoms with Crippen LogP contribution < -0.4 is 14.8 Å². The summed E-state index contributed by atoms with van der Waals surface area (Å²) in [6, 6.07) is 9.07. The van der Waals surface area contributed by atoms with Gasteiger partial charge in [0.1, 0.15) is 12.3 Å². The van der Waals surface area contributed by atoms with Gasteiger partial charge < -0.3 is 19.9 Å². The van der Waals surface area contributed by atoms with Crippen molar-refractivity contribution < 1.29 is 29.0 Å². The summed E-state index contributed by atoms with van der Waals surface area (Å²) in [7, 11) is 1.46. The molecule has 0 unspecified atom stereocenters. The number of ether oxygens (including phenoxy) is 2. The molecule has 3 rings (SSSR count). The number of amides is 3. The minimum Gasteiger partial charge on any atom is -0.493 e. The smallest absolute Gasteiger partial charge is 0.335 e. The zero-order valence-electron chi connectivity index (χ0n) is 17.0. The quantitative estimate of drug-likeness (QED) is 0.472. The number of hydrogen-bond donors (Lipinski definition) is 2. The lowest BCUT2D eigenvalue weighted by molar-refractivity contribution is -0.122. The molecule has 0 saturated carbocycles. The zero-order chi connectivity index (χ0) is 22.5. The predicted octanol–water partition coefficient (Wildman–Crippen LogP) is 3.93. The van der Waals surface area contributed by atoms with Crippen molar-refractivity contribution in [2.24, 2.45) is 0 Å². The molecule has 0 atom stereocenters. The van der Waals surface area contributed by atoms with Crippen molar-refractivity contribution in [1.29, 1.82) is 0 Å². The minimum absolute atomic E-state index is 0.150. The van der Waals surface area contributed by atoms with E-state index in [1.54, 1.807) is 24.3 Å². The van der Waals surface area contributed by atoms with E-state index in [2.05, 4.69) is 5.32 Å². The largest absolute Gasteiger partial charge is 0.493 e. The highest BCUT2D eigenvalue weighted by Gasteiger charge is 2.32. The van der Waals surface area contributed by atoms with Crippen LogP contribution in [0, 0.1) is 0 Å². The number of imide groups is 1. The maximum Gasteiger partial charge on any atom is 0.335 e. The number of urea groups is 1. The molecule has 9 heteroatoms. The fourth-order valence-electron chi connectivity index (χ4n) is 3.03. The Balaban J connectivity index is 1.79. The number of carboxylic acid groups (broad SMARTS) is 1. The summed E-state index contributed by atoms with van der Waals surface area (Å²) in [5.41, 5.74) is 1.65. The number of methoxy groups -OCH3 is 1. The Morgan fingerprint density at radius 2 is 1.94 bits per heavy atom. The Kier molecular flexibility index (Phi) is 6.81. The van der Waals surface area contributed by atoms with Gasteiger partial charge in [-0.25, -0.2) is 9.59 Å². The molecule has 1 aliphatic heterocycles. The second kappa shape index (κ2) is 9.53. The highest BCUT2D eigenvalue weighted by Crippen LogP contribution is 2.37. The number of nitrogens with one attached hydrogen (secondary N) is 1. The van der Waals surface area contributed by atoms with Gasteiger partial charge in [-0.1, -0.05) is 30.7 Å². The van der Waals surface area contributed by atoms with Crippen LogP contribution in [0.4, 0.5) is 4.79 Å². The van der Waals surface area contributed by atoms with Crippen molar-refractivity contribution >= 4 is 35.6 Å². The van der Waals surface area contributed by atoms with E-state index in [1.165, 1.54) is 25.3 Å². The van der Waals surface area contributed by atoms with Crippen LogP contribution in [0.5, 0.6) is 11.5 Å². The lowest BCUT2D eigenvalue weighted by Gasteiger charge is -2.14. The van der Waals surface area contributed by atoms with Crippen LogP contribution in [0.15, 0.2) is 42.1 Å². The van der Waals surface area contributed by atoms with Gasteiger partial charge in [0, 0.05) is 6.54 Å². The Morgan fingerprint density at radius 1 is 1.23 bits per heavy atom. The average Bonchev–Trinajstić information content (AvgIpc) is 3.00. The fraction of sp³-hybridized carbons (Fsp3) is 0.227. The molecule has 8 nitrogen and oxygen atoms in total. The monoisotopic (exact) mass is 444 g/mol. The van der Waals surface area contributed by atoms with Crippen LogP contribution in [0.3, 0.4) is 0 Å². The molecule has 0 radical (unpaired) electrons. The molecule has 0 spiro atoms. The second-order valence-corrected chi connectivity index (χ2v) is 7.18. The van der Waals surface area contributed by atoms with Crippen LogP contribution in [-0.4, -0.2) is 41.6 Å². The van der Waals surface area contributed by atoms with E-state index in [9.17, 15) is 14.4 Å². The van der Waals surface area contributed by atoms with Gasteiger partial charge in [0.25, 0.3) is 5.91 Å². The van der Waals surface area contributed by atoms with E-state index in [4.69, 9.17) is 26.2 Å². The molecular formula is C22H21ClN2O6.